The predicted octanol–water partition coefficient (Wildman–Crippen LogP) is 0.152. The maximum atomic E-state index is 11.5. The molecule has 0 aromatic heterocycles. The van der Waals surface area contributed by atoms with Gasteiger partial charge in [0.05, 0.1) is 5.41 Å². The van der Waals surface area contributed by atoms with Crippen LogP contribution >= 0.6 is 12.4 Å². The Balaban J connectivity index is 0.00000144. The normalized spacial score (nSPS) is 20.4. The molecule has 0 aliphatic carbocycles. The zero-order valence-electron chi connectivity index (χ0n) is 7.87. The SMILES string of the molecule is CC1(C)CC(=O)N(CCN)C1=O.Cl. The average molecular weight is 207 g/mol. The Morgan fingerprint density at radius 1 is 1.46 bits per heavy atom. The number of nitrogens with zero attached hydrogens (tertiary/aromatic N) is 1. The molecule has 0 saturated carbocycles. The number of hydrogen-bond donors (Lipinski definition) is 1. The fraction of sp³-hybridized carbons (Fsp3) is 0.750. The summed E-state index contributed by atoms with van der Waals surface area (Å²) in [5, 5.41) is 0. The molecule has 2 N–H and O–H groups in total. The molecule has 1 rings (SSSR count). The Hall–Kier alpha value is -0.610. The zero-order chi connectivity index (χ0) is 9.35. The van der Waals surface area contributed by atoms with Crippen molar-refractivity contribution >= 4 is 24.2 Å². The van der Waals surface area contributed by atoms with Gasteiger partial charge >= 0.3 is 0 Å². The number of hydrogen-bond acceptors (Lipinski definition) is 3. The second-order valence-corrected chi connectivity index (χ2v) is 3.70. The lowest BCUT2D eigenvalue weighted by molar-refractivity contribution is -0.140. The van der Waals surface area contributed by atoms with Crippen LogP contribution < -0.4 is 5.73 Å². The summed E-state index contributed by atoms with van der Waals surface area (Å²) in [7, 11) is 0. The first-order chi connectivity index (χ1) is 5.49. The number of amides is 2. The van der Waals surface area contributed by atoms with Gasteiger partial charge in [-0.1, -0.05) is 13.8 Å². The summed E-state index contributed by atoms with van der Waals surface area (Å²) in [4.78, 5) is 24.0. The van der Waals surface area contributed by atoms with Crippen LogP contribution in [0, 0.1) is 5.41 Å². The summed E-state index contributed by atoms with van der Waals surface area (Å²) in [6.45, 7) is 4.25. The molecule has 1 fully saturated rings. The van der Waals surface area contributed by atoms with Crippen LogP contribution in [0.15, 0.2) is 0 Å². The van der Waals surface area contributed by atoms with Gasteiger partial charge < -0.3 is 5.73 Å². The number of carbonyl (C=O) groups excluding carboxylic acids is 2. The van der Waals surface area contributed by atoms with E-state index in [0.717, 1.165) is 0 Å². The Morgan fingerprint density at radius 3 is 2.31 bits per heavy atom. The van der Waals surface area contributed by atoms with Gasteiger partial charge in [0.1, 0.15) is 0 Å². The summed E-state index contributed by atoms with van der Waals surface area (Å²) in [6, 6.07) is 0. The molecule has 76 valence electrons. The summed E-state index contributed by atoms with van der Waals surface area (Å²) < 4.78 is 0. The lowest BCUT2D eigenvalue weighted by atomic mass is 9.92. The zero-order valence-corrected chi connectivity index (χ0v) is 8.69. The topological polar surface area (TPSA) is 63.4 Å². The van der Waals surface area contributed by atoms with E-state index < -0.39 is 5.41 Å². The van der Waals surface area contributed by atoms with Crippen LogP contribution in [-0.4, -0.2) is 29.8 Å². The van der Waals surface area contributed by atoms with Crippen molar-refractivity contribution in [3.8, 4) is 0 Å². The van der Waals surface area contributed by atoms with Crippen LogP contribution in [0.4, 0.5) is 0 Å². The van der Waals surface area contributed by atoms with Gasteiger partial charge in [-0.15, -0.1) is 12.4 Å². The third-order valence-electron chi connectivity index (χ3n) is 2.07. The molecule has 1 aliphatic rings. The Kier molecular flexibility index (Phi) is 3.88. The van der Waals surface area contributed by atoms with Gasteiger partial charge in [-0.3, -0.25) is 14.5 Å². The molecule has 1 saturated heterocycles. The first-order valence-electron chi connectivity index (χ1n) is 4.04. The van der Waals surface area contributed by atoms with Crippen LogP contribution in [0.2, 0.25) is 0 Å². The molecular formula is C8H15ClN2O2. The fourth-order valence-electron chi connectivity index (χ4n) is 1.38. The average Bonchev–Trinajstić information content (AvgIpc) is 2.13. The fourth-order valence-corrected chi connectivity index (χ4v) is 1.38. The summed E-state index contributed by atoms with van der Waals surface area (Å²) in [6.07, 6.45) is 0.311. The molecule has 2 amide bonds. The quantitative estimate of drug-likeness (QED) is 0.655. The molecule has 5 heteroatoms. The van der Waals surface area contributed by atoms with E-state index in [1.165, 1.54) is 4.90 Å². The number of nitrogens with two attached hydrogens (primary N) is 1. The molecule has 0 unspecified atom stereocenters. The van der Waals surface area contributed by atoms with Crippen molar-refractivity contribution in [3.63, 3.8) is 0 Å². The highest BCUT2D eigenvalue weighted by atomic mass is 35.5. The van der Waals surface area contributed by atoms with Gasteiger partial charge in [-0.25, -0.2) is 0 Å². The number of rotatable bonds is 2. The minimum Gasteiger partial charge on any atom is -0.329 e. The van der Waals surface area contributed by atoms with Crippen molar-refractivity contribution in [2.45, 2.75) is 20.3 Å². The number of imide groups is 1. The van der Waals surface area contributed by atoms with E-state index in [4.69, 9.17) is 5.73 Å². The van der Waals surface area contributed by atoms with Gasteiger partial charge in [0, 0.05) is 19.5 Å². The van der Waals surface area contributed by atoms with Gasteiger partial charge in [-0.2, -0.15) is 0 Å². The van der Waals surface area contributed by atoms with Crippen molar-refractivity contribution in [2.24, 2.45) is 11.1 Å². The van der Waals surface area contributed by atoms with Crippen molar-refractivity contribution in [1.29, 1.82) is 0 Å². The van der Waals surface area contributed by atoms with Gasteiger partial charge in [0.15, 0.2) is 0 Å². The second kappa shape index (κ2) is 4.07. The summed E-state index contributed by atoms with van der Waals surface area (Å²) in [5.74, 6) is -0.201. The van der Waals surface area contributed by atoms with Crippen LogP contribution in [0.25, 0.3) is 0 Å². The first-order valence-corrected chi connectivity index (χ1v) is 4.04. The third-order valence-corrected chi connectivity index (χ3v) is 2.07. The molecule has 13 heavy (non-hydrogen) atoms. The van der Waals surface area contributed by atoms with E-state index in [1.807, 2.05) is 0 Å². The van der Waals surface area contributed by atoms with Gasteiger partial charge in [0.2, 0.25) is 11.8 Å². The Bertz CT molecular complexity index is 228. The molecule has 4 nitrogen and oxygen atoms in total. The van der Waals surface area contributed by atoms with Crippen molar-refractivity contribution in [1.82, 2.24) is 4.90 Å². The van der Waals surface area contributed by atoms with Gasteiger partial charge in [-0.05, 0) is 0 Å². The molecule has 0 bridgehead atoms. The lowest BCUT2D eigenvalue weighted by Gasteiger charge is -2.16. The molecule has 0 spiro atoms. The van der Waals surface area contributed by atoms with E-state index in [9.17, 15) is 9.59 Å². The minimum atomic E-state index is -0.522. The molecule has 0 aromatic rings. The lowest BCUT2D eigenvalue weighted by Crippen LogP contribution is -2.36. The molecule has 1 heterocycles. The number of carbonyl (C=O) groups is 2. The van der Waals surface area contributed by atoms with E-state index in [0.29, 0.717) is 19.5 Å². The van der Waals surface area contributed by atoms with E-state index >= 15 is 0 Å². The third kappa shape index (κ3) is 2.19. The Labute approximate surface area is 83.9 Å². The highest BCUT2D eigenvalue weighted by Gasteiger charge is 2.44. The maximum absolute atomic E-state index is 11.5. The molecule has 0 aromatic carbocycles. The van der Waals surface area contributed by atoms with E-state index in [2.05, 4.69) is 0 Å². The van der Waals surface area contributed by atoms with Crippen LogP contribution in [0.5, 0.6) is 0 Å². The van der Waals surface area contributed by atoms with E-state index in [-0.39, 0.29) is 24.2 Å². The van der Waals surface area contributed by atoms with Crippen molar-refractivity contribution in [3.05, 3.63) is 0 Å². The number of halogens is 1. The van der Waals surface area contributed by atoms with Crippen molar-refractivity contribution < 1.29 is 9.59 Å². The van der Waals surface area contributed by atoms with E-state index in [1.54, 1.807) is 13.8 Å². The minimum absolute atomic E-state index is 0. The smallest absolute Gasteiger partial charge is 0.235 e. The second-order valence-electron chi connectivity index (χ2n) is 3.70. The molecule has 0 radical (unpaired) electrons. The molecule has 0 atom stereocenters. The standard InChI is InChI=1S/C8H14N2O2.ClH/c1-8(2)5-6(11)10(4-3-9)7(8)12;/h3-5,9H2,1-2H3;1H. The van der Waals surface area contributed by atoms with Crippen LogP contribution in [-0.2, 0) is 9.59 Å². The summed E-state index contributed by atoms with van der Waals surface area (Å²) >= 11 is 0. The largest absolute Gasteiger partial charge is 0.329 e. The highest BCUT2D eigenvalue weighted by molar-refractivity contribution is 6.05. The van der Waals surface area contributed by atoms with Crippen LogP contribution in [0.3, 0.4) is 0 Å². The summed E-state index contributed by atoms with van der Waals surface area (Å²) in [5.41, 5.74) is 4.75. The first kappa shape index (κ1) is 12.4. The van der Waals surface area contributed by atoms with Gasteiger partial charge in [0.25, 0.3) is 0 Å². The van der Waals surface area contributed by atoms with Crippen LogP contribution in [0.1, 0.15) is 20.3 Å². The molecule has 1 aliphatic heterocycles. The highest BCUT2D eigenvalue weighted by Crippen LogP contribution is 2.30. The molecular weight excluding hydrogens is 192 g/mol. The van der Waals surface area contributed by atoms with Crippen molar-refractivity contribution in [2.75, 3.05) is 13.1 Å². The Morgan fingerprint density at radius 2 is 2.00 bits per heavy atom. The predicted molar refractivity (Wildman–Crippen MR) is 51.4 cm³/mol. The number of likely N-dealkylation sites (tertiary alicyclic amines) is 1. The monoisotopic (exact) mass is 206 g/mol. The maximum Gasteiger partial charge on any atom is 0.235 e.